The van der Waals surface area contributed by atoms with E-state index >= 15 is 0 Å². The van der Waals surface area contributed by atoms with Crippen molar-refractivity contribution < 1.29 is 22.0 Å². The van der Waals surface area contributed by atoms with E-state index in [0.717, 1.165) is 4.68 Å². The molecular formula is C11H13F5N2. The second kappa shape index (κ2) is 3.68. The minimum Gasteiger partial charge on any atom is -0.260 e. The van der Waals surface area contributed by atoms with Crippen molar-refractivity contribution in [2.24, 2.45) is 0 Å². The first-order valence-electron chi connectivity index (χ1n) is 5.63. The molecular weight excluding hydrogens is 255 g/mol. The van der Waals surface area contributed by atoms with Crippen LogP contribution in [0.15, 0.2) is 0 Å². The van der Waals surface area contributed by atoms with Gasteiger partial charge in [-0.15, -0.1) is 0 Å². The zero-order chi connectivity index (χ0) is 13.9. The molecule has 1 aromatic rings. The average molecular weight is 268 g/mol. The van der Waals surface area contributed by atoms with Gasteiger partial charge >= 0.3 is 6.18 Å². The third-order valence-electron chi connectivity index (χ3n) is 3.11. The number of fused-ring (bicyclic) bond motifs is 1. The standard InChI is InChI=1S/C11H13F5N2/c1-5(2)18-9-7(6(3)4-10(9,12)13)8(17-18)11(14,15)16/h5-6H,4H2,1-3H3/t6-/m0/s1. The van der Waals surface area contributed by atoms with E-state index in [-0.39, 0.29) is 5.56 Å². The van der Waals surface area contributed by atoms with Gasteiger partial charge in [0.25, 0.3) is 5.92 Å². The predicted octanol–water partition coefficient (Wildman–Crippen LogP) is 4.08. The molecule has 2 rings (SSSR count). The number of hydrogen-bond acceptors (Lipinski definition) is 1. The summed E-state index contributed by atoms with van der Waals surface area (Å²) in [6.07, 6.45) is -5.28. The van der Waals surface area contributed by atoms with E-state index in [1.807, 2.05) is 0 Å². The Bertz CT molecular complexity index is 473. The van der Waals surface area contributed by atoms with Gasteiger partial charge in [0.2, 0.25) is 0 Å². The summed E-state index contributed by atoms with van der Waals surface area (Å²) in [5.41, 5.74) is -2.09. The van der Waals surface area contributed by atoms with Crippen LogP contribution in [0.2, 0.25) is 0 Å². The molecule has 7 heteroatoms. The summed E-state index contributed by atoms with van der Waals surface area (Å²) < 4.78 is 66.8. The summed E-state index contributed by atoms with van der Waals surface area (Å²) in [6.45, 7) is 4.44. The maximum atomic E-state index is 13.8. The molecule has 1 aliphatic rings. The number of aromatic nitrogens is 2. The fourth-order valence-electron chi connectivity index (χ4n) is 2.44. The topological polar surface area (TPSA) is 17.8 Å². The number of alkyl halides is 5. The molecule has 1 aromatic heterocycles. The molecule has 102 valence electrons. The first-order valence-corrected chi connectivity index (χ1v) is 5.63. The molecule has 1 aliphatic carbocycles. The number of nitrogens with zero attached hydrogens (tertiary/aromatic N) is 2. The highest BCUT2D eigenvalue weighted by Crippen LogP contribution is 2.52. The average Bonchev–Trinajstić information content (AvgIpc) is 2.63. The van der Waals surface area contributed by atoms with Gasteiger partial charge in [-0.25, -0.2) is 0 Å². The summed E-state index contributed by atoms with van der Waals surface area (Å²) in [4.78, 5) is 0. The molecule has 0 bridgehead atoms. The molecule has 0 aromatic carbocycles. The zero-order valence-electron chi connectivity index (χ0n) is 10.1. The van der Waals surface area contributed by atoms with E-state index in [1.54, 1.807) is 0 Å². The minimum atomic E-state index is -4.70. The second-order valence-electron chi connectivity index (χ2n) is 4.96. The first-order chi connectivity index (χ1) is 8.05. The van der Waals surface area contributed by atoms with Gasteiger partial charge in [0.1, 0.15) is 5.69 Å². The van der Waals surface area contributed by atoms with Gasteiger partial charge in [-0.1, -0.05) is 6.92 Å². The number of rotatable bonds is 1. The SMILES string of the molecule is CC(C)n1nc(C(F)(F)F)c2c1C(F)(F)C[C@@H]2C. The van der Waals surface area contributed by atoms with Crippen molar-refractivity contribution in [2.75, 3.05) is 0 Å². The van der Waals surface area contributed by atoms with Gasteiger partial charge in [0.15, 0.2) is 5.69 Å². The highest BCUT2D eigenvalue weighted by Gasteiger charge is 2.53. The molecule has 0 unspecified atom stereocenters. The Kier molecular flexibility index (Phi) is 2.72. The minimum absolute atomic E-state index is 0.346. The number of halogens is 5. The predicted molar refractivity (Wildman–Crippen MR) is 54.5 cm³/mol. The Morgan fingerprint density at radius 2 is 1.89 bits per heavy atom. The van der Waals surface area contributed by atoms with Crippen molar-refractivity contribution in [3.63, 3.8) is 0 Å². The second-order valence-corrected chi connectivity index (χ2v) is 4.96. The van der Waals surface area contributed by atoms with Gasteiger partial charge < -0.3 is 0 Å². The summed E-state index contributed by atoms with van der Waals surface area (Å²) in [5, 5.41) is 3.36. The molecule has 1 atom stereocenters. The quantitative estimate of drug-likeness (QED) is 0.702. The van der Waals surface area contributed by atoms with Crippen LogP contribution in [-0.4, -0.2) is 9.78 Å². The van der Waals surface area contributed by atoms with Crippen LogP contribution in [0.5, 0.6) is 0 Å². The lowest BCUT2D eigenvalue weighted by molar-refractivity contribution is -0.142. The van der Waals surface area contributed by atoms with Gasteiger partial charge in [0.05, 0.1) is 0 Å². The molecule has 2 nitrogen and oxygen atoms in total. The maximum Gasteiger partial charge on any atom is 0.435 e. The van der Waals surface area contributed by atoms with Crippen molar-refractivity contribution in [2.45, 2.75) is 51.3 Å². The Balaban J connectivity index is 2.73. The van der Waals surface area contributed by atoms with Crippen molar-refractivity contribution in [3.05, 3.63) is 17.0 Å². The smallest absolute Gasteiger partial charge is 0.260 e. The Hall–Kier alpha value is -1.14. The largest absolute Gasteiger partial charge is 0.435 e. The van der Waals surface area contributed by atoms with Gasteiger partial charge in [0, 0.05) is 18.0 Å². The summed E-state index contributed by atoms with van der Waals surface area (Å²) in [6, 6.07) is -0.536. The maximum absolute atomic E-state index is 13.8. The van der Waals surface area contributed by atoms with Gasteiger partial charge in [-0.2, -0.15) is 27.1 Å². The molecule has 0 aliphatic heterocycles. The molecule has 0 saturated carbocycles. The number of hydrogen-bond donors (Lipinski definition) is 0. The summed E-state index contributed by atoms with van der Waals surface area (Å²) in [7, 11) is 0. The molecule has 1 heterocycles. The van der Waals surface area contributed by atoms with E-state index in [4.69, 9.17) is 0 Å². The van der Waals surface area contributed by atoms with Crippen LogP contribution in [0.3, 0.4) is 0 Å². The normalized spacial score (nSPS) is 22.6. The van der Waals surface area contributed by atoms with Crippen LogP contribution in [0.4, 0.5) is 22.0 Å². The van der Waals surface area contributed by atoms with Crippen LogP contribution in [0.25, 0.3) is 0 Å². The Morgan fingerprint density at radius 3 is 2.33 bits per heavy atom. The van der Waals surface area contributed by atoms with Crippen molar-refractivity contribution in [1.82, 2.24) is 9.78 Å². The summed E-state index contributed by atoms with van der Waals surface area (Å²) >= 11 is 0. The van der Waals surface area contributed by atoms with E-state index < -0.39 is 41.9 Å². The summed E-state index contributed by atoms with van der Waals surface area (Å²) in [5.74, 6) is -4.07. The fraction of sp³-hybridized carbons (Fsp3) is 0.727. The van der Waals surface area contributed by atoms with E-state index in [9.17, 15) is 22.0 Å². The van der Waals surface area contributed by atoms with Crippen LogP contribution in [0.1, 0.15) is 56.1 Å². The molecule has 0 radical (unpaired) electrons. The van der Waals surface area contributed by atoms with Crippen molar-refractivity contribution in [1.29, 1.82) is 0 Å². The van der Waals surface area contributed by atoms with Crippen LogP contribution in [0, 0.1) is 0 Å². The fourth-order valence-corrected chi connectivity index (χ4v) is 2.44. The van der Waals surface area contributed by atoms with E-state index in [0.29, 0.717) is 0 Å². The monoisotopic (exact) mass is 268 g/mol. The molecule has 0 saturated heterocycles. The Labute approximate surface area is 101 Å². The van der Waals surface area contributed by atoms with Gasteiger partial charge in [-0.3, -0.25) is 4.68 Å². The molecule has 0 amide bonds. The lowest BCUT2D eigenvalue weighted by Crippen LogP contribution is -2.18. The van der Waals surface area contributed by atoms with Crippen molar-refractivity contribution in [3.8, 4) is 0 Å². The Morgan fingerprint density at radius 1 is 1.33 bits per heavy atom. The van der Waals surface area contributed by atoms with Gasteiger partial charge in [-0.05, 0) is 19.8 Å². The highest BCUT2D eigenvalue weighted by atomic mass is 19.4. The molecule has 0 N–H and O–H groups in total. The third-order valence-corrected chi connectivity index (χ3v) is 3.11. The molecule has 18 heavy (non-hydrogen) atoms. The molecule has 0 spiro atoms. The first kappa shape index (κ1) is 13.3. The molecule has 0 fully saturated rings. The lowest BCUT2D eigenvalue weighted by Gasteiger charge is -2.16. The van der Waals surface area contributed by atoms with Crippen LogP contribution < -0.4 is 0 Å². The third kappa shape index (κ3) is 1.80. The van der Waals surface area contributed by atoms with E-state index in [2.05, 4.69) is 5.10 Å². The highest BCUT2D eigenvalue weighted by molar-refractivity contribution is 5.39. The van der Waals surface area contributed by atoms with E-state index in [1.165, 1.54) is 20.8 Å². The zero-order valence-corrected chi connectivity index (χ0v) is 10.1. The lowest BCUT2D eigenvalue weighted by atomic mass is 10.0. The van der Waals surface area contributed by atoms with Crippen LogP contribution in [-0.2, 0) is 12.1 Å². The van der Waals surface area contributed by atoms with Crippen LogP contribution >= 0.6 is 0 Å². The van der Waals surface area contributed by atoms with Crippen molar-refractivity contribution >= 4 is 0 Å².